The molecule has 4 heterocycles. The van der Waals surface area contributed by atoms with Crippen molar-refractivity contribution in [3.05, 3.63) is 93.9 Å². The number of hydrogen-bond donors (Lipinski definition) is 2. The van der Waals surface area contributed by atoms with Gasteiger partial charge in [-0.3, -0.25) is 39.1 Å². The predicted molar refractivity (Wildman–Crippen MR) is 157 cm³/mol. The lowest BCUT2D eigenvalue weighted by atomic mass is 9.96. The van der Waals surface area contributed by atoms with E-state index in [2.05, 4.69) is 20.1 Å². The fraction of sp³-hybridized carbons (Fsp3) is 0.312. The number of halogens is 1. The number of amides is 5. The highest BCUT2D eigenvalue weighted by Gasteiger charge is 2.45. The molecule has 0 bridgehead atoms. The molecule has 3 aromatic rings. The number of aryl methyl sites for hydroxylation is 2. The van der Waals surface area contributed by atoms with Crippen LogP contribution in [0.1, 0.15) is 60.7 Å². The highest BCUT2D eigenvalue weighted by molar-refractivity contribution is 6.24. The van der Waals surface area contributed by atoms with Crippen LogP contribution in [0.3, 0.4) is 0 Å². The van der Waals surface area contributed by atoms with Crippen LogP contribution in [0.4, 0.5) is 10.2 Å². The number of primary amides is 1. The molecule has 44 heavy (non-hydrogen) atoms. The van der Waals surface area contributed by atoms with Gasteiger partial charge in [0.2, 0.25) is 11.8 Å². The molecule has 5 amide bonds. The summed E-state index contributed by atoms with van der Waals surface area (Å²) in [5, 5.41) is 2.20. The summed E-state index contributed by atoms with van der Waals surface area (Å²) in [6, 6.07) is 14.3. The number of piperazine rings is 1. The molecule has 0 spiro atoms. The van der Waals surface area contributed by atoms with E-state index in [0.717, 1.165) is 10.5 Å². The van der Waals surface area contributed by atoms with Crippen LogP contribution >= 0.6 is 0 Å². The van der Waals surface area contributed by atoms with Crippen LogP contribution in [0, 0.1) is 5.82 Å². The molecule has 3 N–H and O–H groups in total. The molecule has 0 saturated carbocycles. The number of anilines is 1. The third-order valence-corrected chi connectivity index (χ3v) is 8.43. The van der Waals surface area contributed by atoms with Gasteiger partial charge in [-0.15, -0.1) is 0 Å². The summed E-state index contributed by atoms with van der Waals surface area (Å²) in [6.07, 6.45) is 0.994. The lowest BCUT2D eigenvalue weighted by Crippen LogP contribution is -2.54. The highest BCUT2D eigenvalue weighted by Crippen LogP contribution is 2.30. The molecule has 1 atom stereocenters. The number of pyridine rings is 1. The monoisotopic (exact) mass is 598 g/mol. The number of nitrogens with zero attached hydrogens (tertiary/aromatic N) is 4. The SMILES string of the molecule is NC(=O)c1cccc(N2CCN(Cc3ccc(CCc4cccc5c4C(=O)N(C4CCC(=O)NC4=O)C5=O)cc3F)CC2)n1. The van der Waals surface area contributed by atoms with Gasteiger partial charge in [-0.25, -0.2) is 9.37 Å². The van der Waals surface area contributed by atoms with E-state index in [9.17, 15) is 24.0 Å². The maximum absolute atomic E-state index is 15.2. The van der Waals surface area contributed by atoms with Crippen molar-refractivity contribution in [2.45, 2.75) is 38.3 Å². The Morgan fingerprint density at radius 2 is 1.70 bits per heavy atom. The molecule has 1 unspecified atom stereocenters. The number of carbonyl (C=O) groups is 5. The Morgan fingerprint density at radius 3 is 2.43 bits per heavy atom. The Bertz CT molecular complexity index is 1690. The van der Waals surface area contributed by atoms with Crippen molar-refractivity contribution in [2.75, 3.05) is 31.1 Å². The van der Waals surface area contributed by atoms with Gasteiger partial charge in [0.05, 0.1) is 11.1 Å². The molecule has 11 nitrogen and oxygen atoms in total. The van der Waals surface area contributed by atoms with Crippen molar-refractivity contribution < 1.29 is 28.4 Å². The normalized spacial score (nSPS) is 18.9. The lowest BCUT2D eigenvalue weighted by molar-refractivity contribution is -0.136. The second-order valence-corrected chi connectivity index (χ2v) is 11.2. The molecule has 3 aliphatic heterocycles. The second-order valence-electron chi connectivity index (χ2n) is 11.2. The smallest absolute Gasteiger partial charge is 0.267 e. The Labute approximate surface area is 252 Å². The zero-order valence-electron chi connectivity index (χ0n) is 23.9. The Balaban J connectivity index is 1.07. The number of piperidine rings is 1. The maximum Gasteiger partial charge on any atom is 0.267 e. The number of hydrogen-bond acceptors (Lipinski definition) is 8. The van der Waals surface area contributed by atoms with E-state index in [0.29, 0.717) is 62.5 Å². The molecule has 0 radical (unpaired) electrons. The van der Waals surface area contributed by atoms with Crippen LogP contribution in [0.5, 0.6) is 0 Å². The summed E-state index contributed by atoms with van der Waals surface area (Å²) < 4.78 is 15.2. The zero-order chi connectivity index (χ0) is 31.0. The van der Waals surface area contributed by atoms with Crippen molar-refractivity contribution in [3.63, 3.8) is 0 Å². The minimum atomic E-state index is -1.03. The molecule has 3 aliphatic rings. The zero-order valence-corrected chi connectivity index (χ0v) is 23.9. The van der Waals surface area contributed by atoms with Gasteiger partial charge in [-0.2, -0.15) is 0 Å². The first-order chi connectivity index (χ1) is 21.2. The maximum atomic E-state index is 15.2. The van der Waals surface area contributed by atoms with E-state index in [1.807, 2.05) is 12.1 Å². The van der Waals surface area contributed by atoms with Gasteiger partial charge < -0.3 is 10.6 Å². The molecule has 2 fully saturated rings. The standard InChI is InChI=1S/C32H31FN6O5/c33-23-17-19(8-10-21(23)18-37-13-15-38(16-14-37)26-6-2-5-24(35-26)29(34)41)7-9-20-3-1-4-22-28(20)32(44)39(31(22)43)25-11-12-27(40)36-30(25)42/h1-6,8,10,17,25H,7,9,11-16,18H2,(H2,34,41)(H,36,40,42). The van der Waals surface area contributed by atoms with Gasteiger partial charge >= 0.3 is 0 Å². The van der Waals surface area contributed by atoms with E-state index >= 15 is 4.39 Å². The van der Waals surface area contributed by atoms with Crippen molar-refractivity contribution in [2.24, 2.45) is 5.73 Å². The molecule has 0 aliphatic carbocycles. The summed E-state index contributed by atoms with van der Waals surface area (Å²) in [6.45, 7) is 3.21. The van der Waals surface area contributed by atoms with Crippen LogP contribution in [-0.4, -0.2) is 76.5 Å². The molecule has 226 valence electrons. The minimum absolute atomic E-state index is 0.0543. The average Bonchev–Trinajstić information content (AvgIpc) is 3.27. The van der Waals surface area contributed by atoms with Gasteiger partial charge in [0.15, 0.2) is 0 Å². The molecule has 2 aromatic carbocycles. The van der Waals surface area contributed by atoms with Gasteiger partial charge in [0.25, 0.3) is 17.7 Å². The number of aromatic nitrogens is 1. The predicted octanol–water partition coefficient (Wildman–Crippen LogP) is 1.83. The first-order valence-electron chi connectivity index (χ1n) is 14.5. The van der Waals surface area contributed by atoms with Gasteiger partial charge in [0.1, 0.15) is 23.4 Å². The molecular weight excluding hydrogens is 567 g/mol. The molecule has 12 heteroatoms. The first-order valence-corrected chi connectivity index (χ1v) is 14.5. The van der Waals surface area contributed by atoms with Crippen molar-refractivity contribution >= 4 is 35.4 Å². The number of fused-ring (bicyclic) bond motifs is 1. The second kappa shape index (κ2) is 12.0. The number of imide groups is 2. The molecular formula is C32H31FN6O5. The minimum Gasteiger partial charge on any atom is -0.364 e. The van der Waals surface area contributed by atoms with Crippen molar-refractivity contribution in [1.29, 1.82) is 0 Å². The Kier molecular flexibility index (Phi) is 7.92. The number of nitrogens with two attached hydrogens (primary N) is 1. The highest BCUT2D eigenvalue weighted by atomic mass is 19.1. The van der Waals surface area contributed by atoms with Gasteiger partial charge in [0, 0.05) is 44.7 Å². The number of carbonyl (C=O) groups excluding carboxylic acids is 5. The molecule has 2 saturated heterocycles. The van der Waals surface area contributed by atoms with E-state index < -0.39 is 35.6 Å². The topological polar surface area (TPSA) is 146 Å². The van der Waals surface area contributed by atoms with Gasteiger partial charge in [-0.1, -0.05) is 30.3 Å². The largest absolute Gasteiger partial charge is 0.364 e. The quantitative estimate of drug-likeness (QED) is 0.374. The Hall–Kier alpha value is -4.97. The van der Waals surface area contributed by atoms with Gasteiger partial charge in [-0.05, 0) is 54.7 Å². The molecule has 1 aromatic heterocycles. The number of benzene rings is 2. The first kappa shape index (κ1) is 29.1. The van der Waals surface area contributed by atoms with Crippen LogP contribution in [-0.2, 0) is 29.0 Å². The fourth-order valence-corrected chi connectivity index (χ4v) is 6.06. The van der Waals surface area contributed by atoms with E-state index in [1.54, 1.807) is 36.4 Å². The number of nitrogens with one attached hydrogen (secondary N) is 1. The summed E-state index contributed by atoms with van der Waals surface area (Å²) in [4.78, 5) is 71.4. The van der Waals surface area contributed by atoms with Crippen LogP contribution in [0.25, 0.3) is 0 Å². The Morgan fingerprint density at radius 1 is 0.932 bits per heavy atom. The summed E-state index contributed by atoms with van der Waals surface area (Å²) in [5.41, 5.74) is 8.05. The van der Waals surface area contributed by atoms with Crippen molar-refractivity contribution in [3.8, 4) is 0 Å². The summed E-state index contributed by atoms with van der Waals surface area (Å²) in [7, 11) is 0. The third-order valence-electron chi connectivity index (χ3n) is 8.43. The van der Waals surface area contributed by atoms with Crippen LogP contribution < -0.4 is 16.0 Å². The average molecular weight is 599 g/mol. The van der Waals surface area contributed by atoms with Crippen molar-refractivity contribution in [1.82, 2.24) is 20.1 Å². The molecule has 6 rings (SSSR count). The van der Waals surface area contributed by atoms with Crippen LogP contribution in [0.2, 0.25) is 0 Å². The fourth-order valence-electron chi connectivity index (χ4n) is 6.06. The van der Waals surface area contributed by atoms with Crippen LogP contribution in [0.15, 0.2) is 54.6 Å². The lowest BCUT2D eigenvalue weighted by Gasteiger charge is -2.35. The number of rotatable bonds is 8. The third kappa shape index (κ3) is 5.68. The summed E-state index contributed by atoms with van der Waals surface area (Å²) >= 11 is 0. The summed E-state index contributed by atoms with van der Waals surface area (Å²) in [5.74, 6) is -2.36. The van der Waals surface area contributed by atoms with E-state index in [-0.39, 0.29) is 35.5 Å². The van der Waals surface area contributed by atoms with E-state index in [1.165, 1.54) is 6.07 Å². The van der Waals surface area contributed by atoms with E-state index in [4.69, 9.17) is 5.73 Å².